The zero-order valence-corrected chi connectivity index (χ0v) is 12.1. The third-order valence-electron chi connectivity index (χ3n) is 3.67. The van der Waals surface area contributed by atoms with E-state index >= 15 is 0 Å². The molecule has 1 atom stereocenters. The first-order valence-corrected chi connectivity index (χ1v) is 7.09. The molecule has 0 radical (unpaired) electrons. The Morgan fingerprint density at radius 3 is 2.95 bits per heavy atom. The fourth-order valence-corrected chi connectivity index (χ4v) is 2.63. The van der Waals surface area contributed by atoms with Crippen LogP contribution in [-0.4, -0.2) is 46.1 Å². The van der Waals surface area contributed by atoms with Crippen LogP contribution in [0.25, 0.3) is 0 Å². The van der Waals surface area contributed by atoms with Crippen LogP contribution in [0, 0.1) is 5.92 Å². The predicted octanol–water partition coefficient (Wildman–Crippen LogP) is 0.798. The van der Waals surface area contributed by atoms with Crippen LogP contribution in [0.2, 0.25) is 0 Å². The number of aryl methyl sites for hydroxylation is 1. The van der Waals surface area contributed by atoms with Gasteiger partial charge in [0.25, 0.3) is 5.91 Å². The number of hydrogen-bond donors (Lipinski definition) is 1. The highest BCUT2D eigenvalue weighted by Crippen LogP contribution is 2.20. The lowest BCUT2D eigenvalue weighted by Gasteiger charge is -2.32. The van der Waals surface area contributed by atoms with E-state index in [4.69, 9.17) is 0 Å². The molecule has 2 amide bonds. The number of carbonyl (C=O) groups excluding carboxylic acids is 2. The molecular weight excluding hydrogens is 256 g/mol. The molecular formula is C14H22N4O2. The Balaban J connectivity index is 1.86. The SMILES string of the molecule is CC(=O)NCC[C@@H]1CCCN(C(=O)c2ccn(C)n2)C1. The van der Waals surface area contributed by atoms with Gasteiger partial charge in [-0.2, -0.15) is 5.10 Å². The first-order valence-electron chi connectivity index (χ1n) is 7.09. The summed E-state index contributed by atoms with van der Waals surface area (Å²) in [6.07, 6.45) is 4.84. The van der Waals surface area contributed by atoms with Crippen LogP contribution < -0.4 is 5.32 Å². The molecule has 0 aliphatic carbocycles. The van der Waals surface area contributed by atoms with Gasteiger partial charge in [0, 0.05) is 39.8 Å². The van der Waals surface area contributed by atoms with Crippen molar-refractivity contribution in [3.8, 4) is 0 Å². The van der Waals surface area contributed by atoms with E-state index in [1.165, 1.54) is 6.92 Å². The molecule has 20 heavy (non-hydrogen) atoms. The summed E-state index contributed by atoms with van der Waals surface area (Å²) in [5, 5.41) is 6.98. The number of likely N-dealkylation sites (tertiary alicyclic amines) is 1. The molecule has 2 rings (SSSR count). The van der Waals surface area contributed by atoms with Crippen molar-refractivity contribution in [2.24, 2.45) is 13.0 Å². The average Bonchev–Trinajstić information content (AvgIpc) is 2.84. The molecule has 1 saturated heterocycles. The zero-order chi connectivity index (χ0) is 14.5. The van der Waals surface area contributed by atoms with Crippen molar-refractivity contribution in [2.45, 2.75) is 26.2 Å². The quantitative estimate of drug-likeness (QED) is 0.886. The second-order valence-corrected chi connectivity index (χ2v) is 5.41. The Morgan fingerprint density at radius 1 is 1.50 bits per heavy atom. The predicted molar refractivity (Wildman–Crippen MR) is 75.1 cm³/mol. The molecule has 0 saturated carbocycles. The summed E-state index contributed by atoms with van der Waals surface area (Å²) < 4.78 is 1.64. The first-order chi connectivity index (χ1) is 9.56. The van der Waals surface area contributed by atoms with Gasteiger partial charge in [-0.25, -0.2) is 0 Å². The number of carbonyl (C=O) groups is 2. The van der Waals surface area contributed by atoms with Gasteiger partial charge in [-0.1, -0.05) is 0 Å². The molecule has 0 aromatic carbocycles. The standard InChI is InChI=1S/C14H22N4O2/c1-11(19)15-7-5-12-4-3-8-18(10-12)14(20)13-6-9-17(2)16-13/h6,9,12H,3-5,7-8,10H2,1-2H3,(H,15,19)/t12-/m0/s1. The molecule has 6 nitrogen and oxygen atoms in total. The van der Waals surface area contributed by atoms with Gasteiger partial charge in [-0.05, 0) is 31.2 Å². The molecule has 1 N–H and O–H groups in total. The zero-order valence-electron chi connectivity index (χ0n) is 12.1. The average molecular weight is 278 g/mol. The van der Waals surface area contributed by atoms with E-state index in [2.05, 4.69) is 10.4 Å². The minimum Gasteiger partial charge on any atom is -0.356 e. The smallest absolute Gasteiger partial charge is 0.274 e. The molecule has 110 valence electrons. The van der Waals surface area contributed by atoms with E-state index in [1.807, 2.05) is 11.9 Å². The normalized spacial score (nSPS) is 18.9. The molecule has 1 fully saturated rings. The number of nitrogens with zero attached hydrogens (tertiary/aromatic N) is 3. The minimum absolute atomic E-state index is 0.00206. The fourth-order valence-electron chi connectivity index (χ4n) is 2.63. The van der Waals surface area contributed by atoms with Crippen molar-refractivity contribution < 1.29 is 9.59 Å². The van der Waals surface area contributed by atoms with E-state index in [0.717, 1.165) is 32.4 Å². The summed E-state index contributed by atoms with van der Waals surface area (Å²) >= 11 is 0. The largest absolute Gasteiger partial charge is 0.356 e. The van der Waals surface area contributed by atoms with E-state index in [1.54, 1.807) is 16.9 Å². The van der Waals surface area contributed by atoms with Crippen LogP contribution in [0.4, 0.5) is 0 Å². The highest BCUT2D eigenvalue weighted by atomic mass is 16.2. The molecule has 0 spiro atoms. The maximum atomic E-state index is 12.3. The second kappa shape index (κ2) is 6.54. The summed E-state index contributed by atoms with van der Waals surface area (Å²) in [7, 11) is 1.81. The van der Waals surface area contributed by atoms with Crippen LogP contribution in [0.1, 0.15) is 36.7 Å². The lowest BCUT2D eigenvalue weighted by Crippen LogP contribution is -2.41. The number of hydrogen-bond acceptors (Lipinski definition) is 3. The third kappa shape index (κ3) is 3.82. The van der Waals surface area contributed by atoms with Gasteiger partial charge in [0.2, 0.25) is 5.91 Å². The van der Waals surface area contributed by atoms with Crippen molar-refractivity contribution in [3.05, 3.63) is 18.0 Å². The van der Waals surface area contributed by atoms with Gasteiger partial charge < -0.3 is 10.2 Å². The second-order valence-electron chi connectivity index (χ2n) is 5.41. The van der Waals surface area contributed by atoms with Crippen LogP contribution in [-0.2, 0) is 11.8 Å². The summed E-state index contributed by atoms with van der Waals surface area (Å²) in [6, 6.07) is 1.75. The first kappa shape index (κ1) is 14.6. The summed E-state index contributed by atoms with van der Waals surface area (Å²) in [5.41, 5.74) is 0.509. The van der Waals surface area contributed by atoms with Gasteiger partial charge in [0.1, 0.15) is 5.69 Å². The maximum absolute atomic E-state index is 12.3. The highest BCUT2D eigenvalue weighted by Gasteiger charge is 2.25. The molecule has 0 bridgehead atoms. The van der Waals surface area contributed by atoms with Crippen LogP contribution in [0.15, 0.2) is 12.3 Å². The van der Waals surface area contributed by atoms with E-state index < -0.39 is 0 Å². The Labute approximate surface area is 119 Å². The van der Waals surface area contributed by atoms with Crippen molar-refractivity contribution in [2.75, 3.05) is 19.6 Å². The molecule has 1 aromatic heterocycles. The number of aromatic nitrogens is 2. The summed E-state index contributed by atoms with van der Waals surface area (Å²) in [4.78, 5) is 25.1. The Kier molecular flexibility index (Phi) is 4.76. The Hall–Kier alpha value is -1.85. The van der Waals surface area contributed by atoms with Gasteiger partial charge in [-0.3, -0.25) is 14.3 Å². The van der Waals surface area contributed by atoms with E-state index in [0.29, 0.717) is 18.2 Å². The van der Waals surface area contributed by atoms with Gasteiger partial charge in [0.15, 0.2) is 0 Å². The number of amides is 2. The lowest BCUT2D eigenvalue weighted by molar-refractivity contribution is -0.119. The van der Waals surface area contributed by atoms with Crippen LogP contribution >= 0.6 is 0 Å². The Bertz CT molecular complexity index is 483. The molecule has 6 heteroatoms. The van der Waals surface area contributed by atoms with Crippen LogP contribution in [0.3, 0.4) is 0 Å². The summed E-state index contributed by atoms with van der Waals surface area (Å²) in [6.45, 7) is 3.77. The van der Waals surface area contributed by atoms with Crippen molar-refractivity contribution in [1.82, 2.24) is 20.0 Å². The monoisotopic (exact) mass is 278 g/mol. The fraction of sp³-hybridized carbons (Fsp3) is 0.643. The van der Waals surface area contributed by atoms with Gasteiger partial charge in [-0.15, -0.1) is 0 Å². The van der Waals surface area contributed by atoms with Gasteiger partial charge >= 0.3 is 0 Å². The lowest BCUT2D eigenvalue weighted by atomic mass is 9.94. The molecule has 1 aromatic rings. The maximum Gasteiger partial charge on any atom is 0.274 e. The number of piperidine rings is 1. The minimum atomic E-state index is 0.00206. The molecule has 2 heterocycles. The molecule has 1 aliphatic heterocycles. The third-order valence-corrected chi connectivity index (χ3v) is 3.67. The van der Waals surface area contributed by atoms with Gasteiger partial charge in [0.05, 0.1) is 0 Å². The number of nitrogens with one attached hydrogen (secondary N) is 1. The highest BCUT2D eigenvalue weighted by molar-refractivity contribution is 5.92. The van der Waals surface area contributed by atoms with Crippen molar-refractivity contribution >= 4 is 11.8 Å². The van der Waals surface area contributed by atoms with Crippen molar-refractivity contribution in [3.63, 3.8) is 0 Å². The molecule has 0 unspecified atom stereocenters. The van der Waals surface area contributed by atoms with E-state index in [9.17, 15) is 9.59 Å². The van der Waals surface area contributed by atoms with E-state index in [-0.39, 0.29) is 11.8 Å². The number of rotatable bonds is 4. The molecule has 1 aliphatic rings. The Morgan fingerprint density at radius 2 is 2.30 bits per heavy atom. The topological polar surface area (TPSA) is 67.2 Å². The summed E-state index contributed by atoms with van der Waals surface area (Å²) in [5.74, 6) is 0.473. The van der Waals surface area contributed by atoms with Crippen LogP contribution in [0.5, 0.6) is 0 Å². The van der Waals surface area contributed by atoms with Crippen molar-refractivity contribution in [1.29, 1.82) is 0 Å².